The summed E-state index contributed by atoms with van der Waals surface area (Å²) in [5.41, 5.74) is 0. The van der Waals surface area contributed by atoms with E-state index in [-0.39, 0.29) is 11.8 Å². The summed E-state index contributed by atoms with van der Waals surface area (Å²) >= 11 is 1.75. The van der Waals surface area contributed by atoms with Crippen molar-refractivity contribution >= 4 is 17.2 Å². The highest BCUT2D eigenvalue weighted by atomic mass is 32.1. The van der Waals surface area contributed by atoms with Crippen molar-refractivity contribution in [3.8, 4) is 0 Å². The van der Waals surface area contributed by atoms with Crippen LogP contribution in [0.5, 0.6) is 0 Å². The molecule has 17 heavy (non-hydrogen) atoms. The van der Waals surface area contributed by atoms with Crippen molar-refractivity contribution in [1.29, 1.82) is 0 Å². The van der Waals surface area contributed by atoms with Crippen molar-refractivity contribution in [2.75, 3.05) is 6.54 Å². The molecule has 0 aliphatic carbocycles. The minimum Gasteiger partial charge on any atom is -0.356 e. The van der Waals surface area contributed by atoms with Crippen LogP contribution in [0.2, 0.25) is 0 Å². The molecule has 1 amide bonds. The normalized spacial score (nSPS) is 12.4. The van der Waals surface area contributed by atoms with E-state index in [9.17, 15) is 4.79 Å². The van der Waals surface area contributed by atoms with Crippen molar-refractivity contribution < 1.29 is 4.79 Å². The molecule has 0 bridgehead atoms. The SMILES string of the molecule is CCCCC(CC)C(=O)NCCc1cccs1. The largest absolute Gasteiger partial charge is 0.356 e. The van der Waals surface area contributed by atoms with Gasteiger partial charge in [0.25, 0.3) is 0 Å². The zero-order valence-electron chi connectivity index (χ0n) is 10.9. The van der Waals surface area contributed by atoms with Gasteiger partial charge < -0.3 is 5.32 Å². The zero-order valence-corrected chi connectivity index (χ0v) is 11.7. The molecule has 0 aliphatic rings. The summed E-state index contributed by atoms with van der Waals surface area (Å²) in [5, 5.41) is 5.13. The van der Waals surface area contributed by atoms with E-state index in [0.29, 0.717) is 0 Å². The van der Waals surface area contributed by atoms with Gasteiger partial charge in [0.05, 0.1) is 0 Å². The van der Waals surface area contributed by atoms with Gasteiger partial charge in [0.15, 0.2) is 0 Å². The van der Waals surface area contributed by atoms with Crippen molar-refractivity contribution in [2.45, 2.75) is 46.0 Å². The molecule has 96 valence electrons. The maximum absolute atomic E-state index is 11.9. The molecule has 2 nitrogen and oxygen atoms in total. The van der Waals surface area contributed by atoms with E-state index >= 15 is 0 Å². The number of hydrogen-bond acceptors (Lipinski definition) is 2. The van der Waals surface area contributed by atoms with Crippen LogP contribution in [-0.4, -0.2) is 12.5 Å². The van der Waals surface area contributed by atoms with Gasteiger partial charge in [0.1, 0.15) is 0 Å². The number of amides is 1. The summed E-state index contributed by atoms with van der Waals surface area (Å²) < 4.78 is 0. The van der Waals surface area contributed by atoms with E-state index in [1.165, 1.54) is 11.3 Å². The van der Waals surface area contributed by atoms with Crippen molar-refractivity contribution in [3.05, 3.63) is 22.4 Å². The van der Waals surface area contributed by atoms with Crippen LogP contribution in [0, 0.1) is 5.92 Å². The highest BCUT2D eigenvalue weighted by molar-refractivity contribution is 7.09. The van der Waals surface area contributed by atoms with Gasteiger partial charge in [0, 0.05) is 17.3 Å². The maximum atomic E-state index is 11.9. The highest BCUT2D eigenvalue weighted by Crippen LogP contribution is 2.13. The molecule has 0 radical (unpaired) electrons. The lowest BCUT2D eigenvalue weighted by molar-refractivity contribution is -0.125. The standard InChI is InChI=1S/C14H23NOS/c1-3-5-7-12(4-2)14(16)15-10-9-13-8-6-11-17-13/h6,8,11-12H,3-5,7,9-10H2,1-2H3,(H,15,16). The molecule has 1 unspecified atom stereocenters. The van der Waals surface area contributed by atoms with Crippen molar-refractivity contribution in [1.82, 2.24) is 5.32 Å². The van der Waals surface area contributed by atoms with Gasteiger partial charge in [-0.05, 0) is 30.7 Å². The molecule has 1 aromatic heterocycles. The monoisotopic (exact) mass is 253 g/mol. The van der Waals surface area contributed by atoms with E-state index in [1.54, 1.807) is 11.3 Å². The second-order valence-electron chi connectivity index (χ2n) is 4.37. The Morgan fingerprint density at radius 3 is 2.88 bits per heavy atom. The van der Waals surface area contributed by atoms with Gasteiger partial charge in [-0.1, -0.05) is 32.8 Å². The zero-order chi connectivity index (χ0) is 12.5. The molecule has 1 N–H and O–H groups in total. The van der Waals surface area contributed by atoms with Crippen LogP contribution < -0.4 is 5.32 Å². The lowest BCUT2D eigenvalue weighted by atomic mass is 9.98. The fourth-order valence-electron chi connectivity index (χ4n) is 1.88. The van der Waals surface area contributed by atoms with E-state index in [1.807, 2.05) is 0 Å². The van der Waals surface area contributed by atoms with Gasteiger partial charge in [0.2, 0.25) is 5.91 Å². The molecule has 0 spiro atoms. The molecular formula is C14H23NOS. The second kappa shape index (κ2) is 8.29. The van der Waals surface area contributed by atoms with Crippen LogP contribution in [0.25, 0.3) is 0 Å². The Kier molecular flexibility index (Phi) is 6.94. The highest BCUT2D eigenvalue weighted by Gasteiger charge is 2.14. The fraction of sp³-hybridized carbons (Fsp3) is 0.643. The molecule has 1 heterocycles. The summed E-state index contributed by atoms with van der Waals surface area (Å²) in [7, 11) is 0. The Hall–Kier alpha value is -0.830. The van der Waals surface area contributed by atoms with Gasteiger partial charge in [-0.15, -0.1) is 11.3 Å². The van der Waals surface area contributed by atoms with Crippen LogP contribution in [0.3, 0.4) is 0 Å². The van der Waals surface area contributed by atoms with Crippen LogP contribution in [0.15, 0.2) is 17.5 Å². The van der Waals surface area contributed by atoms with E-state index in [0.717, 1.165) is 32.2 Å². The number of carbonyl (C=O) groups excluding carboxylic acids is 1. The number of thiophene rings is 1. The van der Waals surface area contributed by atoms with E-state index in [2.05, 4.69) is 36.7 Å². The van der Waals surface area contributed by atoms with Gasteiger partial charge in [-0.2, -0.15) is 0 Å². The number of carbonyl (C=O) groups is 1. The topological polar surface area (TPSA) is 29.1 Å². The summed E-state index contributed by atoms with van der Waals surface area (Å²) in [6, 6.07) is 4.17. The number of rotatable bonds is 8. The summed E-state index contributed by atoms with van der Waals surface area (Å²) in [6.07, 6.45) is 5.24. The average Bonchev–Trinajstić information content (AvgIpc) is 2.83. The Labute approximate surface area is 108 Å². The van der Waals surface area contributed by atoms with Crippen molar-refractivity contribution in [2.24, 2.45) is 5.92 Å². The van der Waals surface area contributed by atoms with Crippen LogP contribution in [0.4, 0.5) is 0 Å². The first kappa shape index (κ1) is 14.2. The first-order chi connectivity index (χ1) is 8.27. The predicted molar refractivity (Wildman–Crippen MR) is 74.3 cm³/mol. The minimum atomic E-state index is 0.207. The maximum Gasteiger partial charge on any atom is 0.223 e. The van der Waals surface area contributed by atoms with Crippen molar-refractivity contribution in [3.63, 3.8) is 0 Å². The number of hydrogen-bond donors (Lipinski definition) is 1. The Bertz CT molecular complexity index is 308. The molecule has 0 saturated carbocycles. The van der Waals surface area contributed by atoms with E-state index in [4.69, 9.17) is 0 Å². The van der Waals surface area contributed by atoms with Gasteiger partial charge in [-0.3, -0.25) is 4.79 Å². The van der Waals surface area contributed by atoms with E-state index < -0.39 is 0 Å². The first-order valence-corrected chi connectivity index (χ1v) is 7.46. The lowest BCUT2D eigenvalue weighted by Crippen LogP contribution is -2.31. The Morgan fingerprint density at radius 1 is 1.47 bits per heavy atom. The van der Waals surface area contributed by atoms with Gasteiger partial charge >= 0.3 is 0 Å². The molecule has 1 rings (SSSR count). The lowest BCUT2D eigenvalue weighted by Gasteiger charge is -2.14. The third kappa shape index (κ3) is 5.35. The third-order valence-corrected chi connectivity index (χ3v) is 3.96. The molecular weight excluding hydrogens is 230 g/mol. The quantitative estimate of drug-likeness (QED) is 0.753. The molecule has 0 saturated heterocycles. The predicted octanol–water partition coefficient (Wildman–Crippen LogP) is 3.62. The van der Waals surface area contributed by atoms with Crippen LogP contribution in [0.1, 0.15) is 44.4 Å². The minimum absolute atomic E-state index is 0.207. The average molecular weight is 253 g/mol. The smallest absolute Gasteiger partial charge is 0.223 e. The summed E-state index contributed by atoms with van der Waals surface area (Å²) in [6.45, 7) is 5.03. The van der Waals surface area contributed by atoms with Gasteiger partial charge in [-0.25, -0.2) is 0 Å². The third-order valence-electron chi connectivity index (χ3n) is 3.02. The summed E-state index contributed by atoms with van der Waals surface area (Å²) in [5.74, 6) is 0.441. The first-order valence-electron chi connectivity index (χ1n) is 6.58. The number of unbranched alkanes of at least 4 members (excludes halogenated alkanes) is 1. The van der Waals surface area contributed by atoms with Crippen LogP contribution >= 0.6 is 11.3 Å². The summed E-state index contributed by atoms with van der Waals surface area (Å²) in [4.78, 5) is 13.2. The van der Waals surface area contributed by atoms with Crippen LogP contribution in [-0.2, 0) is 11.2 Å². The Balaban J connectivity index is 2.22. The molecule has 0 aliphatic heterocycles. The molecule has 0 aromatic carbocycles. The molecule has 1 aromatic rings. The second-order valence-corrected chi connectivity index (χ2v) is 5.40. The molecule has 0 fully saturated rings. The number of nitrogens with one attached hydrogen (secondary N) is 1. The molecule has 1 atom stereocenters. The Morgan fingerprint density at radius 2 is 2.29 bits per heavy atom. The molecule has 3 heteroatoms. The fourth-order valence-corrected chi connectivity index (χ4v) is 2.59.